The van der Waals surface area contributed by atoms with Crippen LogP contribution in [0, 0.1) is 0 Å². The second kappa shape index (κ2) is 9.49. The maximum Gasteiger partial charge on any atom is 0.416 e. The molecule has 1 heterocycles. The molecule has 0 spiro atoms. The number of nitrogens with zero attached hydrogens (tertiary/aromatic N) is 2. The van der Waals surface area contributed by atoms with Crippen LogP contribution < -0.4 is 16.0 Å². The zero-order valence-electron chi connectivity index (χ0n) is 17.5. The van der Waals surface area contributed by atoms with E-state index in [1.807, 2.05) is 30.3 Å². The monoisotopic (exact) mass is 465 g/mol. The van der Waals surface area contributed by atoms with Gasteiger partial charge >= 0.3 is 12.2 Å². The van der Waals surface area contributed by atoms with Gasteiger partial charge in [0.15, 0.2) is 0 Å². The molecule has 4 aromatic rings. The predicted octanol–water partition coefficient (Wildman–Crippen LogP) is 5.79. The van der Waals surface area contributed by atoms with E-state index in [1.165, 1.54) is 12.3 Å². The Morgan fingerprint density at radius 1 is 0.765 bits per heavy atom. The first-order chi connectivity index (χ1) is 16.3. The fourth-order valence-electron chi connectivity index (χ4n) is 3.09. The second-order valence-corrected chi connectivity index (χ2v) is 7.20. The van der Waals surface area contributed by atoms with Gasteiger partial charge in [-0.3, -0.25) is 4.79 Å². The van der Waals surface area contributed by atoms with Crippen molar-refractivity contribution in [2.75, 3.05) is 16.0 Å². The molecule has 1 aromatic heterocycles. The zero-order valence-corrected chi connectivity index (χ0v) is 17.5. The van der Waals surface area contributed by atoms with E-state index in [9.17, 15) is 22.8 Å². The third-order valence-corrected chi connectivity index (χ3v) is 4.71. The lowest BCUT2D eigenvalue weighted by Crippen LogP contribution is -2.20. The van der Waals surface area contributed by atoms with Crippen LogP contribution in [0.2, 0.25) is 0 Å². The van der Waals surface area contributed by atoms with Crippen molar-refractivity contribution in [3.8, 4) is 5.69 Å². The highest BCUT2D eigenvalue weighted by Gasteiger charge is 2.30. The molecule has 0 radical (unpaired) electrons. The number of carbonyl (C=O) groups excluding carboxylic acids is 2. The van der Waals surface area contributed by atoms with Gasteiger partial charge < -0.3 is 16.0 Å². The molecule has 3 aromatic carbocycles. The molecule has 0 unspecified atom stereocenters. The van der Waals surface area contributed by atoms with E-state index in [-0.39, 0.29) is 5.69 Å². The number of alkyl halides is 3. The van der Waals surface area contributed by atoms with Crippen LogP contribution in [0.5, 0.6) is 0 Å². The maximum absolute atomic E-state index is 12.7. The summed E-state index contributed by atoms with van der Waals surface area (Å²) in [5.41, 5.74) is 1.33. The smallest absolute Gasteiger partial charge is 0.319 e. The van der Waals surface area contributed by atoms with Crippen LogP contribution in [-0.4, -0.2) is 21.7 Å². The summed E-state index contributed by atoms with van der Waals surface area (Å²) in [6, 6.07) is 19.0. The first-order valence-electron chi connectivity index (χ1n) is 10.0. The number of urea groups is 1. The van der Waals surface area contributed by atoms with E-state index in [4.69, 9.17) is 0 Å². The van der Waals surface area contributed by atoms with E-state index in [0.717, 1.165) is 30.0 Å². The van der Waals surface area contributed by atoms with Gasteiger partial charge in [0, 0.05) is 16.9 Å². The molecule has 34 heavy (non-hydrogen) atoms. The van der Waals surface area contributed by atoms with Crippen molar-refractivity contribution >= 4 is 29.0 Å². The molecule has 0 aliphatic carbocycles. The highest BCUT2D eigenvalue weighted by atomic mass is 19.4. The molecule has 7 nitrogen and oxygen atoms in total. The second-order valence-electron chi connectivity index (χ2n) is 7.20. The van der Waals surface area contributed by atoms with E-state index >= 15 is 0 Å². The summed E-state index contributed by atoms with van der Waals surface area (Å²) in [5, 5.41) is 12.0. The predicted molar refractivity (Wildman–Crippen MR) is 122 cm³/mol. The number of anilines is 3. The molecule has 0 fully saturated rings. The number of carbonyl (C=O) groups is 2. The van der Waals surface area contributed by atoms with Gasteiger partial charge in [0.05, 0.1) is 29.3 Å². The summed E-state index contributed by atoms with van der Waals surface area (Å²) in [5.74, 6) is -0.403. The lowest BCUT2D eigenvalue weighted by atomic mass is 10.2. The van der Waals surface area contributed by atoms with Crippen LogP contribution in [0.4, 0.5) is 35.0 Å². The van der Waals surface area contributed by atoms with Crippen molar-refractivity contribution in [1.82, 2.24) is 9.78 Å². The summed E-state index contributed by atoms with van der Waals surface area (Å²) in [7, 11) is 0. The Morgan fingerprint density at radius 3 is 2.18 bits per heavy atom. The van der Waals surface area contributed by atoms with E-state index in [0.29, 0.717) is 16.9 Å². The summed E-state index contributed by atoms with van der Waals surface area (Å²) >= 11 is 0. The molecule has 0 bridgehead atoms. The molecule has 0 saturated heterocycles. The molecule has 0 aliphatic heterocycles. The van der Waals surface area contributed by atoms with Crippen LogP contribution in [0.1, 0.15) is 15.9 Å². The minimum Gasteiger partial charge on any atom is -0.319 e. The van der Waals surface area contributed by atoms with Gasteiger partial charge in [-0.15, -0.1) is 0 Å². The fraction of sp³-hybridized carbons (Fsp3) is 0.0417. The van der Waals surface area contributed by atoms with Gasteiger partial charge in [-0.05, 0) is 54.6 Å². The van der Waals surface area contributed by atoms with Gasteiger partial charge in [-0.2, -0.15) is 18.3 Å². The summed E-state index contributed by atoms with van der Waals surface area (Å²) in [6.45, 7) is 0. The van der Waals surface area contributed by atoms with Crippen LogP contribution in [0.3, 0.4) is 0 Å². The van der Waals surface area contributed by atoms with Crippen LogP contribution in [0.25, 0.3) is 5.69 Å². The van der Waals surface area contributed by atoms with Crippen molar-refractivity contribution in [2.45, 2.75) is 6.18 Å². The molecule has 0 saturated carbocycles. The van der Waals surface area contributed by atoms with E-state index < -0.39 is 23.7 Å². The summed E-state index contributed by atoms with van der Waals surface area (Å²) < 4.78 is 39.6. The number of hydrogen-bond donors (Lipinski definition) is 3. The van der Waals surface area contributed by atoms with Crippen molar-refractivity contribution in [3.05, 3.63) is 102 Å². The Morgan fingerprint density at radius 2 is 1.47 bits per heavy atom. The number of para-hydroxylation sites is 1. The van der Waals surface area contributed by atoms with Gasteiger partial charge in [-0.25, -0.2) is 9.48 Å². The van der Waals surface area contributed by atoms with Gasteiger partial charge in [-0.1, -0.05) is 24.3 Å². The van der Waals surface area contributed by atoms with Gasteiger partial charge in [0.25, 0.3) is 5.91 Å². The topological polar surface area (TPSA) is 88.1 Å². The largest absolute Gasteiger partial charge is 0.416 e. The number of amides is 3. The lowest BCUT2D eigenvalue weighted by Gasteiger charge is -2.10. The minimum atomic E-state index is -4.46. The molecule has 3 amide bonds. The molecule has 10 heteroatoms. The van der Waals surface area contributed by atoms with Crippen LogP contribution >= 0.6 is 0 Å². The Bertz CT molecular complexity index is 1300. The van der Waals surface area contributed by atoms with Crippen molar-refractivity contribution in [2.24, 2.45) is 0 Å². The number of aromatic nitrogens is 2. The Balaban J connectivity index is 1.37. The third kappa shape index (κ3) is 5.60. The van der Waals surface area contributed by atoms with Crippen LogP contribution in [-0.2, 0) is 6.18 Å². The average molecular weight is 465 g/mol. The van der Waals surface area contributed by atoms with Gasteiger partial charge in [0.2, 0.25) is 0 Å². The van der Waals surface area contributed by atoms with Crippen LogP contribution in [0.15, 0.2) is 91.3 Å². The fourth-order valence-corrected chi connectivity index (χ4v) is 3.09. The zero-order chi connectivity index (χ0) is 24.1. The Hall–Kier alpha value is -4.60. The van der Waals surface area contributed by atoms with Crippen molar-refractivity contribution in [3.63, 3.8) is 0 Å². The molecule has 172 valence electrons. The maximum atomic E-state index is 12.7. The normalized spacial score (nSPS) is 11.0. The van der Waals surface area contributed by atoms with E-state index in [2.05, 4.69) is 21.0 Å². The molecule has 4 rings (SSSR count). The number of rotatable bonds is 5. The number of nitrogens with one attached hydrogen (secondary N) is 3. The average Bonchev–Trinajstić information content (AvgIpc) is 3.28. The highest BCUT2D eigenvalue weighted by Crippen LogP contribution is 2.29. The standard InChI is InChI=1S/C24H18F3N5O2/c25-24(26,27)17-9-11-18(12-10-17)30-23(34)31-19-6-4-5-16(13-19)22(33)29-20-14-28-32(15-20)21-7-2-1-3-8-21/h1-15H,(H,29,33)(H2,30,31,34). The molecule has 3 N–H and O–H groups in total. The molecule has 0 aliphatic rings. The molecular formula is C24H18F3N5O2. The van der Waals surface area contributed by atoms with Gasteiger partial charge in [0.1, 0.15) is 0 Å². The Kier molecular flexibility index (Phi) is 6.30. The lowest BCUT2D eigenvalue weighted by molar-refractivity contribution is -0.137. The summed E-state index contributed by atoms with van der Waals surface area (Å²) in [6.07, 6.45) is -1.26. The third-order valence-electron chi connectivity index (χ3n) is 4.71. The SMILES string of the molecule is O=C(Nc1ccc(C(F)(F)F)cc1)Nc1cccc(C(=O)Nc2cnn(-c3ccccc3)c2)c1. The highest BCUT2D eigenvalue weighted by molar-refractivity contribution is 6.06. The van der Waals surface area contributed by atoms with Crippen molar-refractivity contribution < 1.29 is 22.8 Å². The number of halogens is 3. The quantitative estimate of drug-likeness (QED) is 0.349. The first kappa shape index (κ1) is 22.6. The van der Waals surface area contributed by atoms with E-state index in [1.54, 1.807) is 29.1 Å². The Labute approximate surface area is 192 Å². The first-order valence-corrected chi connectivity index (χ1v) is 10.0. The minimum absolute atomic E-state index is 0.190. The number of hydrogen-bond acceptors (Lipinski definition) is 3. The molecular weight excluding hydrogens is 447 g/mol. The summed E-state index contributed by atoms with van der Waals surface area (Å²) in [4.78, 5) is 24.9. The number of benzene rings is 3. The van der Waals surface area contributed by atoms with Crippen molar-refractivity contribution in [1.29, 1.82) is 0 Å². The molecule has 0 atom stereocenters.